The Morgan fingerprint density at radius 3 is 2.21 bits per heavy atom. The lowest BCUT2D eigenvalue weighted by molar-refractivity contribution is 0.364. The largest absolute Gasteiger partial charge is 0.382 e. The highest BCUT2D eigenvalue weighted by molar-refractivity contribution is 8.45. The predicted octanol–water partition coefficient (Wildman–Crippen LogP) is 4.34. The highest BCUT2D eigenvalue weighted by Crippen LogP contribution is 3.02. The van der Waals surface area contributed by atoms with Crippen molar-refractivity contribution in [1.29, 1.82) is 5.26 Å². The Hall–Kier alpha value is -2.24. The summed E-state index contributed by atoms with van der Waals surface area (Å²) in [6.45, 7) is 1.06. The Labute approximate surface area is 161 Å². The minimum Gasteiger partial charge on any atom is -0.382 e. The molecule has 156 valence electrons. The predicted molar refractivity (Wildman–Crippen MR) is 97.1 cm³/mol. The van der Waals surface area contributed by atoms with Crippen molar-refractivity contribution in [2.24, 2.45) is 0 Å². The zero-order valence-electron chi connectivity index (χ0n) is 14.4. The molecule has 1 heterocycles. The van der Waals surface area contributed by atoms with Gasteiger partial charge >= 0.3 is 10.2 Å². The normalized spacial score (nSPS) is 14.9. The van der Waals surface area contributed by atoms with Crippen LogP contribution in [-0.2, 0) is 10.0 Å². The molecule has 15 heteroatoms. The van der Waals surface area contributed by atoms with Crippen molar-refractivity contribution < 1.29 is 27.8 Å². The van der Waals surface area contributed by atoms with E-state index < -0.39 is 41.7 Å². The van der Waals surface area contributed by atoms with E-state index in [-0.39, 0.29) is 29.1 Å². The molecular formula is C13H13ClF5N5O2S2. The first kappa shape index (κ1) is 22.1. The van der Waals surface area contributed by atoms with Crippen LogP contribution < -0.4 is 10.0 Å². The number of halogens is 6. The van der Waals surface area contributed by atoms with Crippen molar-refractivity contribution in [3.05, 3.63) is 28.4 Å². The standard InChI is InChI=1S/C13H13ClF5N5O2S2/c1-7-4-8(28(15,16,17,18)19)5-9(14)11(7)24-13(21)12(10(6-20)22-24)23(2)27(3,25)26/h4-5H,21H2,1-3H3. The fourth-order valence-corrected chi connectivity index (χ4v) is 4.00. The van der Waals surface area contributed by atoms with Crippen molar-refractivity contribution in [3.8, 4) is 11.8 Å². The topological polar surface area (TPSA) is 105 Å². The Bertz CT molecular complexity index is 1120. The number of hydrogen-bond acceptors (Lipinski definition) is 5. The summed E-state index contributed by atoms with van der Waals surface area (Å²) >= 11 is 5.80. The smallest absolute Gasteiger partial charge is 0.310 e. The van der Waals surface area contributed by atoms with Crippen LogP contribution in [0.5, 0.6) is 0 Å². The maximum absolute atomic E-state index is 13.1. The van der Waals surface area contributed by atoms with E-state index in [2.05, 4.69) is 5.10 Å². The summed E-state index contributed by atoms with van der Waals surface area (Å²) in [5.41, 5.74) is 4.37. The molecule has 0 aliphatic heterocycles. The first-order chi connectivity index (χ1) is 12.3. The fourth-order valence-electron chi connectivity index (χ4n) is 2.34. The van der Waals surface area contributed by atoms with E-state index in [0.29, 0.717) is 4.31 Å². The third-order valence-corrected chi connectivity index (χ3v) is 6.29. The lowest BCUT2D eigenvalue weighted by Crippen LogP contribution is -2.26. The van der Waals surface area contributed by atoms with Crippen molar-refractivity contribution in [1.82, 2.24) is 9.78 Å². The van der Waals surface area contributed by atoms with Crippen LogP contribution in [0.3, 0.4) is 0 Å². The van der Waals surface area contributed by atoms with Crippen molar-refractivity contribution in [3.63, 3.8) is 0 Å². The Kier molecular flexibility index (Phi) is 4.45. The Morgan fingerprint density at radius 2 is 1.82 bits per heavy atom. The first-order valence-electron chi connectivity index (χ1n) is 7.05. The van der Waals surface area contributed by atoms with Gasteiger partial charge in [0.1, 0.15) is 16.7 Å². The fraction of sp³-hybridized carbons (Fsp3) is 0.231. The minimum atomic E-state index is -9.99. The van der Waals surface area contributed by atoms with Crippen LogP contribution in [0, 0.1) is 18.3 Å². The molecule has 2 aromatic rings. The van der Waals surface area contributed by atoms with E-state index in [1.54, 1.807) is 6.07 Å². The highest BCUT2D eigenvalue weighted by atomic mass is 35.5. The molecule has 0 radical (unpaired) electrons. The molecule has 1 aromatic carbocycles. The molecule has 7 nitrogen and oxygen atoms in total. The van der Waals surface area contributed by atoms with E-state index in [1.165, 1.54) is 0 Å². The number of anilines is 2. The number of hydrogen-bond donors (Lipinski definition) is 1. The maximum atomic E-state index is 13.1. The molecule has 0 aliphatic carbocycles. The molecule has 0 saturated heterocycles. The SMILES string of the molecule is Cc1cc(S(F)(F)(F)(F)F)cc(Cl)c1-n1nc(C#N)c(N(C)S(C)(=O)=O)c1N. The van der Waals surface area contributed by atoms with E-state index in [4.69, 9.17) is 17.3 Å². The molecule has 0 unspecified atom stereocenters. The van der Waals surface area contributed by atoms with Crippen LogP contribution in [0.25, 0.3) is 5.69 Å². The average molecular weight is 466 g/mol. The molecule has 0 fully saturated rings. The molecule has 28 heavy (non-hydrogen) atoms. The summed E-state index contributed by atoms with van der Waals surface area (Å²) in [7, 11) is -12.8. The number of nitrogens with zero attached hydrogens (tertiary/aromatic N) is 4. The van der Waals surface area contributed by atoms with Crippen LogP contribution in [-0.4, -0.2) is 31.5 Å². The number of sulfonamides is 1. The zero-order valence-corrected chi connectivity index (χ0v) is 16.8. The molecule has 1 aromatic heterocycles. The van der Waals surface area contributed by atoms with Gasteiger partial charge < -0.3 is 5.73 Å². The summed E-state index contributed by atoms with van der Waals surface area (Å²) < 4.78 is 90.2. The van der Waals surface area contributed by atoms with Crippen molar-refractivity contribution >= 4 is 43.4 Å². The second-order valence-electron chi connectivity index (χ2n) is 5.88. The summed E-state index contributed by atoms with van der Waals surface area (Å²) in [5, 5.41) is 12.2. The third-order valence-electron chi connectivity index (χ3n) is 3.70. The number of aromatic nitrogens is 2. The third kappa shape index (κ3) is 3.96. The van der Waals surface area contributed by atoms with Gasteiger partial charge in [-0.2, -0.15) is 10.4 Å². The van der Waals surface area contributed by atoms with Gasteiger partial charge in [-0.3, -0.25) is 4.31 Å². The number of nitrogens with two attached hydrogens (primary N) is 1. The number of aryl methyl sites for hydroxylation is 1. The number of rotatable bonds is 4. The van der Waals surface area contributed by atoms with E-state index >= 15 is 0 Å². The number of benzene rings is 1. The average Bonchev–Trinajstić information content (AvgIpc) is 2.79. The van der Waals surface area contributed by atoms with Gasteiger partial charge in [0, 0.05) is 7.05 Å². The molecule has 2 N–H and O–H groups in total. The molecule has 0 atom stereocenters. The van der Waals surface area contributed by atoms with Gasteiger partial charge in [-0.05, 0) is 24.6 Å². The second kappa shape index (κ2) is 5.65. The van der Waals surface area contributed by atoms with Gasteiger partial charge in [-0.25, -0.2) is 13.1 Å². The lowest BCUT2D eigenvalue weighted by atomic mass is 10.2. The first-order valence-corrected chi connectivity index (χ1v) is 11.2. The Balaban J connectivity index is 2.82. The van der Waals surface area contributed by atoms with Crippen molar-refractivity contribution in [2.45, 2.75) is 11.8 Å². The molecule has 0 spiro atoms. The van der Waals surface area contributed by atoms with Gasteiger partial charge in [-0.15, -0.1) is 0 Å². The van der Waals surface area contributed by atoms with Crippen LogP contribution in [0.1, 0.15) is 11.3 Å². The monoisotopic (exact) mass is 465 g/mol. The van der Waals surface area contributed by atoms with Gasteiger partial charge in [0.05, 0.1) is 17.0 Å². The summed E-state index contributed by atoms with van der Waals surface area (Å²) in [4.78, 5) is -2.20. The van der Waals surface area contributed by atoms with Crippen LogP contribution in [0.4, 0.5) is 30.9 Å². The maximum Gasteiger partial charge on any atom is 0.310 e. The van der Waals surface area contributed by atoms with Crippen LogP contribution in [0.2, 0.25) is 5.02 Å². The van der Waals surface area contributed by atoms with Crippen LogP contribution in [0.15, 0.2) is 17.0 Å². The van der Waals surface area contributed by atoms with E-state index in [0.717, 1.165) is 24.9 Å². The van der Waals surface area contributed by atoms with Gasteiger partial charge in [-0.1, -0.05) is 31.0 Å². The molecule has 0 aliphatic rings. The molecule has 0 amide bonds. The number of nitrogen functional groups attached to an aromatic ring is 1. The summed E-state index contributed by atoms with van der Waals surface area (Å²) in [5.74, 6) is -0.436. The molecule has 2 rings (SSSR count). The number of nitriles is 1. The summed E-state index contributed by atoms with van der Waals surface area (Å²) in [6.07, 6.45) is 0.826. The highest BCUT2D eigenvalue weighted by Gasteiger charge is 2.65. The molecular weight excluding hydrogens is 453 g/mol. The zero-order chi connectivity index (χ0) is 21.9. The van der Waals surface area contributed by atoms with Gasteiger partial charge in [0.2, 0.25) is 10.0 Å². The lowest BCUT2D eigenvalue weighted by Gasteiger charge is -2.41. The van der Waals surface area contributed by atoms with Gasteiger partial charge in [0.25, 0.3) is 0 Å². The summed E-state index contributed by atoms with van der Waals surface area (Å²) in [6, 6.07) is 1.81. The van der Waals surface area contributed by atoms with Gasteiger partial charge in [0.15, 0.2) is 11.5 Å². The van der Waals surface area contributed by atoms with E-state index in [9.17, 15) is 33.1 Å². The minimum absolute atomic E-state index is 0.0264. The Morgan fingerprint density at radius 1 is 1.29 bits per heavy atom. The second-order valence-corrected chi connectivity index (χ2v) is 10.7. The molecule has 0 bridgehead atoms. The van der Waals surface area contributed by atoms with E-state index in [1.807, 2.05) is 0 Å². The molecule has 0 saturated carbocycles. The van der Waals surface area contributed by atoms with Crippen LogP contribution >= 0.6 is 21.8 Å². The van der Waals surface area contributed by atoms with Crippen molar-refractivity contribution in [2.75, 3.05) is 23.3 Å². The quantitative estimate of drug-likeness (QED) is 0.676.